The first kappa shape index (κ1) is 21.2. The average Bonchev–Trinajstić information content (AvgIpc) is 2.52. The second-order valence-corrected chi connectivity index (χ2v) is 5.71. The van der Waals surface area contributed by atoms with E-state index in [1.165, 1.54) is 12.1 Å². The normalized spacial score (nSPS) is 16.3. The molecule has 4 nitrogen and oxygen atoms in total. The average molecular weight is 385 g/mol. The van der Waals surface area contributed by atoms with Crippen molar-refractivity contribution in [1.29, 1.82) is 0 Å². The summed E-state index contributed by atoms with van der Waals surface area (Å²) in [5.74, 6) is -5.84. The second kappa shape index (κ2) is 7.61. The molecule has 0 saturated carbocycles. The number of alkyl halides is 3. The number of carbonyl (C=O) groups is 1. The molecule has 0 aliphatic carbocycles. The maximum absolute atomic E-state index is 14.1. The molecule has 1 aromatic carbocycles. The molecular formula is C16H17ClF4O4. The third-order valence-corrected chi connectivity index (χ3v) is 4.13. The molecule has 0 aliphatic heterocycles. The van der Waals surface area contributed by atoms with E-state index in [1.807, 2.05) is 0 Å². The third-order valence-electron chi connectivity index (χ3n) is 3.84. The monoisotopic (exact) mass is 384 g/mol. The number of methoxy groups -OCH3 is 1. The zero-order chi connectivity index (χ0) is 19.6. The first-order valence-corrected chi connectivity index (χ1v) is 7.56. The van der Waals surface area contributed by atoms with Crippen LogP contribution in [0.2, 0.25) is 5.02 Å². The van der Waals surface area contributed by atoms with Gasteiger partial charge in [-0.2, -0.15) is 13.2 Å². The van der Waals surface area contributed by atoms with E-state index in [-0.39, 0.29) is 22.6 Å². The number of carboxylic acid groups (broad SMARTS) is 1. The van der Waals surface area contributed by atoms with Gasteiger partial charge in [0.05, 0.1) is 12.1 Å². The third kappa shape index (κ3) is 3.74. The molecule has 0 spiro atoms. The Morgan fingerprint density at radius 3 is 2.36 bits per heavy atom. The molecule has 0 heterocycles. The van der Waals surface area contributed by atoms with Gasteiger partial charge in [-0.25, -0.2) is 9.18 Å². The molecule has 140 valence electrons. The van der Waals surface area contributed by atoms with Crippen molar-refractivity contribution in [2.45, 2.75) is 32.0 Å². The van der Waals surface area contributed by atoms with Gasteiger partial charge >= 0.3 is 12.1 Å². The van der Waals surface area contributed by atoms with E-state index in [9.17, 15) is 27.5 Å². The largest absolute Gasteiger partial charge is 0.493 e. The van der Waals surface area contributed by atoms with Crippen molar-refractivity contribution < 1.29 is 37.3 Å². The minimum atomic E-state index is -5.46. The van der Waals surface area contributed by atoms with Gasteiger partial charge in [0.15, 0.2) is 11.6 Å². The van der Waals surface area contributed by atoms with Crippen molar-refractivity contribution in [1.82, 2.24) is 0 Å². The molecule has 2 unspecified atom stereocenters. The lowest BCUT2D eigenvalue weighted by molar-refractivity contribution is -0.269. The zero-order valence-corrected chi connectivity index (χ0v) is 14.4. The SMILES string of the molecule is CCC=C(c1ccc(Cl)c(F)c1OC)C(C)C(O)(C(=O)O)C(F)(F)F. The molecule has 2 N–H and O–H groups in total. The lowest BCUT2D eigenvalue weighted by Gasteiger charge is -2.33. The highest BCUT2D eigenvalue weighted by atomic mass is 35.5. The van der Waals surface area contributed by atoms with E-state index < -0.39 is 35.2 Å². The molecular weight excluding hydrogens is 368 g/mol. The van der Waals surface area contributed by atoms with E-state index in [1.54, 1.807) is 6.92 Å². The molecule has 25 heavy (non-hydrogen) atoms. The standard InChI is InChI=1S/C16H17ClF4O4/c1-4-5-9(8(2)15(24,14(22)23)16(19,20)21)10-6-7-11(17)12(18)13(10)25-3/h5-8,24H,4H2,1-3H3,(H,22,23). The molecule has 1 aromatic rings. The van der Waals surface area contributed by atoms with Crippen molar-refractivity contribution in [2.24, 2.45) is 5.92 Å². The van der Waals surface area contributed by atoms with Crippen LogP contribution in [0.3, 0.4) is 0 Å². The van der Waals surface area contributed by atoms with Crippen LogP contribution in [0.15, 0.2) is 18.2 Å². The summed E-state index contributed by atoms with van der Waals surface area (Å²) in [6.45, 7) is 2.49. The van der Waals surface area contributed by atoms with Crippen LogP contribution >= 0.6 is 11.6 Å². The molecule has 9 heteroatoms. The minimum absolute atomic E-state index is 0.123. The molecule has 0 bridgehead atoms. The predicted molar refractivity (Wildman–Crippen MR) is 84.0 cm³/mol. The van der Waals surface area contributed by atoms with Crippen LogP contribution in [0.25, 0.3) is 5.57 Å². The Morgan fingerprint density at radius 1 is 1.40 bits per heavy atom. The molecule has 0 radical (unpaired) electrons. The summed E-state index contributed by atoms with van der Waals surface area (Å²) in [4.78, 5) is 11.2. The van der Waals surface area contributed by atoms with E-state index >= 15 is 0 Å². The van der Waals surface area contributed by atoms with Gasteiger partial charge < -0.3 is 14.9 Å². The number of rotatable bonds is 6. The Morgan fingerprint density at radius 2 is 1.96 bits per heavy atom. The summed E-state index contributed by atoms with van der Waals surface area (Å²) in [5.41, 5.74) is -4.41. The molecule has 0 fully saturated rings. The van der Waals surface area contributed by atoms with Crippen molar-refractivity contribution in [3.05, 3.63) is 34.6 Å². The number of ether oxygens (including phenoxy) is 1. The van der Waals surface area contributed by atoms with Crippen LogP contribution in [-0.4, -0.2) is 35.1 Å². The summed E-state index contributed by atoms with van der Waals surface area (Å²) in [6, 6.07) is 2.32. The highest BCUT2D eigenvalue weighted by Gasteiger charge is 2.64. The van der Waals surface area contributed by atoms with Crippen LogP contribution in [0.5, 0.6) is 5.75 Å². The summed E-state index contributed by atoms with van der Waals surface area (Å²) >= 11 is 5.64. The van der Waals surface area contributed by atoms with Gasteiger partial charge in [-0.15, -0.1) is 0 Å². The van der Waals surface area contributed by atoms with Crippen LogP contribution in [0.4, 0.5) is 17.6 Å². The van der Waals surface area contributed by atoms with E-state index in [0.717, 1.165) is 20.1 Å². The fourth-order valence-corrected chi connectivity index (χ4v) is 2.62. The number of aliphatic hydroxyl groups is 1. The minimum Gasteiger partial charge on any atom is -0.493 e. The smallest absolute Gasteiger partial charge is 0.428 e. The summed E-state index contributed by atoms with van der Waals surface area (Å²) in [6.07, 6.45) is -3.97. The van der Waals surface area contributed by atoms with Crippen molar-refractivity contribution in [3.8, 4) is 5.75 Å². The van der Waals surface area contributed by atoms with Crippen LogP contribution < -0.4 is 4.74 Å². The van der Waals surface area contributed by atoms with Crippen LogP contribution in [-0.2, 0) is 4.79 Å². The maximum atomic E-state index is 14.1. The highest BCUT2D eigenvalue weighted by molar-refractivity contribution is 6.31. The van der Waals surface area contributed by atoms with E-state index in [0.29, 0.717) is 0 Å². The van der Waals surface area contributed by atoms with Gasteiger partial charge in [-0.05, 0) is 24.1 Å². The predicted octanol–water partition coefficient (Wildman–Crippen LogP) is 4.30. The van der Waals surface area contributed by atoms with Crippen molar-refractivity contribution in [3.63, 3.8) is 0 Å². The number of allylic oxidation sites excluding steroid dienone is 1. The summed E-state index contributed by atoms with van der Waals surface area (Å²) in [7, 11) is 1.10. The number of benzene rings is 1. The topological polar surface area (TPSA) is 66.8 Å². The highest BCUT2D eigenvalue weighted by Crippen LogP contribution is 2.45. The maximum Gasteiger partial charge on any atom is 0.428 e. The van der Waals surface area contributed by atoms with Crippen molar-refractivity contribution >= 4 is 23.1 Å². The Labute approximate surface area is 146 Å². The Balaban J connectivity index is 3.66. The Bertz CT molecular complexity index is 687. The number of hydrogen-bond acceptors (Lipinski definition) is 3. The van der Waals surface area contributed by atoms with E-state index in [2.05, 4.69) is 0 Å². The lowest BCUT2D eigenvalue weighted by atomic mass is 9.79. The Kier molecular flexibility index (Phi) is 6.47. The van der Waals surface area contributed by atoms with Crippen molar-refractivity contribution in [2.75, 3.05) is 7.11 Å². The van der Waals surface area contributed by atoms with Gasteiger partial charge in [0.2, 0.25) is 0 Å². The number of hydrogen-bond donors (Lipinski definition) is 2. The quantitative estimate of drug-likeness (QED) is 0.718. The fourth-order valence-electron chi connectivity index (χ4n) is 2.48. The van der Waals surface area contributed by atoms with Crippen LogP contribution in [0, 0.1) is 11.7 Å². The molecule has 0 saturated heterocycles. The second-order valence-electron chi connectivity index (χ2n) is 5.30. The van der Waals surface area contributed by atoms with Gasteiger partial charge in [0, 0.05) is 11.5 Å². The number of carboxylic acids is 1. The molecule has 0 aliphatic rings. The Hall–Kier alpha value is -1.80. The number of halogens is 5. The van der Waals surface area contributed by atoms with Gasteiger partial charge in [0.25, 0.3) is 5.60 Å². The lowest BCUT2D eigenvalue weighted by Crippen LogP contribution is -2.57. The van der Waals surface area contributed by atoms with Gasteiger partial charge in [0.1, 0.15) is 0 Å². The van der Waals surface area contributed by atoms with Gasteiger partial charge in [-0.3, -0.25) is 0 Å². The van der Waals surface area contributed by atoms with E-state index in [4.69, 9.17) is 21.4 Å². The molecule has 2 atom stereocenters. The zero-order valence-electron chi connectivity index (χ0n) is 13.6. The summed E-state index contributed by atoms with van der Waals surface area (Å²) in [5, 5.41) is 18.6. The molecule has 1 rings (SSSR count). The summed E-state index contributed by atoms with van der Waals surface area (Å²) < 4.78 is 58.8. The fraction of sp³-hybridized carbons (Fsp3) is 0.438. The molecule has 0 amide bonds. The van der Waals surface area contributed by atoms with Crippen LogP contribution in [0.1, 0.15) is 25.8 Å². The molecule has 0 aromatic heterocycles. The number of aliphatic carboxylic acids is 1. The van der Waals surface area contributed by atoms with Gasteiger partial charge in [-0.1, -0.05) is 31.5 Å². The first-order chi connectivity index (χ1) is 11.4. The first-order valence-electron chi connectivity index (χ1n) is 7.18.